The van der Waals surface area contributed by atoms with Crippen molar-refractivity contribution >= 4 is 28.3 Å². The van der Waals surface area contributed by atoms with Gasteiger partial charge in [-0.15, -0.1) is 0 Å². The Balaban J connectivity index is 1.47. The number of nitrogens with two attached hydrogens (primary N) is 1. The van der Waals surface area contributed by atoms with Crippen molar-refractivity contribution in [3.8, 4) is 17.0 Å². The largest absolute Gasteiger partial charge is 0.494 e. The molecule has 31 heavy (non-hydrogen) atoms. The summed E-state index contributed by atoms with van der Waals surface area (Å²) in [5.74, 6) is 0.872. The first kappa shape index (κ1) is 19.8. The number of nitrogen functional groups attached to an aromatic ring is 1. The minimum Gasteiger partial charge on any atom is -0.494 e. The van der Waals surface area contributed by atoms with E-state index in [0.29, 0.717) is 18.7 Å². The van der Waals surface area contributed by atoms with E-state index in [2.05, 4.69) is 27.3 Å². The van der Waals surface area contributed by atoms with Gasteiger partial charge in [0.2, 0.25) is 0 Å². The molecule has 2 fully saturated rings. The molecule has 0 aliphatic heterocycles. The molecule has 0 spiro atoms. The Labute approximate surface area is 182 Å². The highest BCUT2D eigenvalue weighted by molar-refractivity contribution is 6.02. The molecule has 5 rings (SSSR count). The fourth-order valence-electron chi connectivity index (χ4n) is 4.51. The van der Waals surface area contributed by atoms with Crippen LogP contribution in [0.4, 0.5) is 16.2 Å². The summed E-state index contributed by atoms with van der Waals surface area (Å²) in [5, 5.41) is 7.01. The molecule has 0 radical (unpaired) electrons. The van der Waals surface area contributed by atoms with E-state index < -0.39 is 0 Å². The van der Waals surface area contributed by atoms with Crippen molar-refractivity contribution in [2.24, 2.45) is 0 Å². The quantitative estimate of drug-likeness (QED) is 0.481. The standard InChI is InChI=1S/C25H30N4O2/c1-2-31-20-13-14-21-22(15-20)29(19-7-4-8-19)24(23(21)26)16-9-11-18(12-10-16)28-25(30)27-17-5-3-6-17/h9-15,17,19H,2-8,26H2,1H3,(H2,27,28,30). The summed E-state index contributed by atoms with van der Waals surface area (Å²) in [5.41, 5.74) is 11.5. The topological polar surface area (TPSA) is 81.3 Å². The zero-order valence-electron chi connectivity index (χ0n) is 18.0. The van der Waals surface area contributed by atoms with E-state index in [1.807, 2.05) is 37.3 Å². The molecule has 3 aromatic rings. The van der Waals surface area contributed by atoms with Gasteiger partial charge in [0.15, 0.2) is 0 Å². The van der Waals surface area contributed by atoms with Gasteiger partial charge in [0.05, 0.1) is 23.5 Å². The minimum absolute atomic E-state index is 0.135. The van der Waals surface area contributed by atoms with Gasteiger partial charge in [-0.2, -0.15) is 0 Å². The molecule has 2 amide bonds. The van der Waals surface area contributed by atoms with Crippen molar-refractivity contribution in [1.29, 1.82) is 0 Å². The first-order chi connectivity index (χ1) is 15.1. The Morgan fingerprint density at radius 2 is 1.84 bits per heavy atom. The lowest BCUT2D eigenvalue weighted by Gasteiger charge is -2.30. The normalized spacial score (nSPS) is 16.5. The molecular weight excluding hydrogens is 388 g/mol. The van der Waals surface area contributed by atoms with Crippen LogP contribution < -0.4 is 21.1 Å². The van der Waals surface area contributed by atoms with Crippen molar-refractivity contribution in [1.82, 2.24) is 9.88 Å². The fraction of sp³-hybridized carbons (Fsp3) is 0.400. The minimum atomic E-state index is -0.135. The van der Waals surface area contributed by atoms with E-state index >= 15 is 0 Å². The maximum Gasteiger partial charge on any atom is 0.319 e. The summed E-state index contributed by atoms with van der Waals surface area (Å²) in [6, 6.07) is 14.8. The van der Waals surface area contributed by atoms with Crippen LogP contribution in [0.5, 0.6) is 5.75 Å². The highest BCUT2D eigenvalue weighted by Crippen LogP contribution is 2.44. The first-order valence-electron chi connectivity index (χ1n) is 11.4. The number of aromatic nitrogens is 1. The van der Waals surface area contributed by atoms with E-state index in [0.717, 1.165) is 65.0 Å². The third kappa shape index (κ3) is 3.71. The number of hydrogen-bond donors (Lipinski definition) is 3. The van der Waals surface area contributed by atoms with Gasteiger partial charge < -0.3 is 25.7 Å². The molecule has 0 saturated heterocycles. The average molecular weight is 419 g/mol. The molecule has 0 bridgehead atoms. The fourth-order valence-corrected chi connectivity index (χ4v) is 4.51. The van der Waals surface area contributed by atoms with Gasteiger partial charge in [0.1, 0.15) is 5.75 Å². The highest BCUT2D eigenvalue weighted by atomic mass is 16.5. The Kier molecular flexibility index (Phi) is 5.22. The zero-order valence-corrected chi connectivity index (χ0v) is 18.0. The molecule has 6 nitrogen and oxygen atoms in total. The van der Waals surface area contributed by atoms with E-state index in [9.17, 15) is 4.79 Å². The van der Waals surface area contributed by atoms with E-state index in [-0.39, 0.29) is 6.03 Å². The van der Waals surface area contributed by atoms with Crippen molar-refractivity contribution in [2.75, 3.05) is 17.7 Å². The molecule has 162 valence electrons. The summed E-state index contributed by atoms with van der Waals surface area (Å²) in [6.07, 6.45) is 6.91. The summed E-state index contributed by atoms with van der Waals surface area (Å²) < 4.78 is 8.14. The second kappa shape index (κ2) is 8.17. The van der Waals surface area contributed by atoms with Crippen LogP contribution in [-0.4, -0.2) is 23.2 Å². The van der Waals surface area contributed by atoms with Gasteiger partial charge >= 0.3 is 6.03 Å². The molecule has 2 aromatic carbocycles. The highest BCUT2D eigenvalue weighted by Gasteiger charge is 2.27. The lowest BCUT2D eigenvalue weighted by Crippen LogP contribution is -2.41. The predicted molar refractivity (Wildman–Crippen MR) is 126 cm³/mol. The molecule has 2 saturated carbocycles. The number of urea groups is 1. The van der Waals surface area contributed by atoms with Crippen LogP contribution in [0.25, 0.3) is 22.2 Å². The third-order valence-electron chi connectivity index (χ3n) is 6.62. The van der Waals surface area contributed by atoms with E-state index in [1.165, 1.54) is 12.8 Å². The maximum absolute atomic E-state index is 12.2. The lowest BCUT2D eigenvalue weighted by molar-refractivity contribution is 0.240. The molecule has 2 aliphatic carbocycles. The average Bonchev–Trinajstić information content (AvgIpc) is 2.97. The number of ether oxygens (including phenoxy) is 1. The molecule has 1 heterocycles. The second-order valence-electron chi connectivity index (χ2n) is 8.63. The number of amides is 2. The van der Waals surface area contributed by atoms with Crippen molar-refractivity contribution in [2.45, 2.75) is 57.5 Å². The van der Waals surface area contributed by atoms with Gasteiger partial charge in [0.25, 0.3) is 0 Å². The Hall–Kier alpha value is -3.15. The molecule has 0 unspecified atom stereocenters. The van der Waals surface area contributed by atoms with Crippen LogP contribution in [-0.2, 0) is 0 Å². The molecule has 1 aromatic heterocycles. The van der Waals surface area contributed by atoms with E-state index in [4.69, 9.17) is 10.5 Å². The Bertz CT molecular complexity index is 1090. The monoisotopic (exact) mass is 418 g/mol. The van der Waals surface area contributed by atoms with Crippen LogP contribution in [0.3, 0.4) is 0 Å². The molecule has 6 heteroatoms. The van der Waals surface area contributed by atoms with Crippen LogP contribution in [0, 0.1) is 0 Å². The molecular formula is C25H30N4O2. The number of benzene rings is 2. The van der Waals surface area contributed by atoms with Gasteiger partial charge in [0, 0.05) is 34.8 Å². The van der Waals surface area contributed by atoms with Gasteiger partial charge in [-0.3, -0.25) is 0 Å². The zero-order chi connectivity index (χ0) is 21.4. The lowest BCUT2D eigenvalue weighted by atomic mass is 9.92. The number of carbonyl (C=O) groups is 1. The van der Waals surface area contributed by atoms with Crippen molar-refractivity contribution < 1.29 is 9.53 Å². The Morgan fingerprint density at radius 1 is 1.10 bits per heavy atom. The number of carbonyl (C=O) groups excluding carboxylic acids is 1. The van der Waals surface area contributed by atoms with E-state index in [1.54, 1.807) is 0 Å². The smallest absolute Gasteiger partial charge is 0.319 e. The number of nitrogens with one attached hydrogen (secondary N) is 2. The van der Waals surface area contributed by atoms with Crippen LogP contribution in [0.1, 0.15) is 51.5 Å². The first-order valence-corrected chi connectivity index (χ1v) is 11.4. The number of fused-ring (bicyclic) bond motifs is 1. The number of anilines is 2. The van der Waals surface area contributed by atoms with Crippen molar-refractivity contribution in [3.05, 3.63) is 42.5 Å². The molecule has 4 N–H and O–H groups in total. The number of nitrogens with zero attached hydrogens (tertiary/aromatic N) is 1. The molecule has 2 aliphatic rings. The van der Waals surface area contributed by atoms with Gasteiger partial charge in [-0.1, -0.05) is 12.1 Å². The summed E-state index contributed by atoms with van der Waals surface area (Å²) in [7, 11) is 0. The van der Waals surface area contributed by atoms with Crippen molar-refractivity contribution in [3.63, 3.8) is 0 Å². The van der Waals surface area contributed by atoms with Crippen LogP contribution >= 0.6 is 0 Å². The molecule has 0 atom stereocenters. The van der Waals surface area contributed by atoms with Crippen LogP contribution in [0.2, 0.25) is 0 Å². The van der Waals surface area contributed by atoms with Crippen LogP contribution in [0.15, 0.2) is 42.5 Å². The third-order valence-corrected chi connectivity index (χ3v) is 6.62. The van der Waals surface area contributed by atoms with Gasteiger partial charge in [-0.05, 0) is 69.7 Å². The predicted octanol–water partition coefficient (Wildman–Crippen LogP) is 5.69. The summed E-state index contributed by atoms with van der Waals surface area (Å²) >= 11 is 0. The second-order valence-corrected chi connectivity index (χ2v) is 8.63. The number of rotatable bonds is 6. The summed E-state index contributed by atoms with van der Waals surface area (Å²) in [6.45, 7) is 2.64. The SMILES string of the molecule is CCOc1ccc2c(N)c(-c3ccc(NC(=O)NC4CCC4)cc3)n(C3CCC3)c2c1. The maximum atomic E-state index is 12.2. The Morgan fingerprint density at radius 3 is 2.45 bits per heavy atom. The van der Waals surface area contributed by atoms with Gasteiger partial charge in [-0.25, -0.2) is 4.79 Å². The summed E-state index contributed by atoms with van der Waals surface area (Å²) in [4.78, 5) is 12.2. The number of hydrogen-bond acceptors (Lipinski definition) is 3.